The molecule has 0 aromatic carbocycles. The summed E-state index contributed by atoms with van der Waals surface area (Å²) in [6, 6.07) is 0. The van der Waals surface area contributed by atoms with E-state index in [1.54, 1.807) is 10.9 Å². The highest BCUT2D eigenvalue weighted by Gasteiger charge is 2.55. The van der Waals surface area contributed by atoms with Crippen molar-refractivity contribution in [3.05, 3.63) is 12.7 Å². The average molecular weight is 307 g/mol. The number of ether oxygens (including phenoxy) is 3. The second-order valence-electron chi connectivity index (χ2n) is 5.90. The maximum absolute atomic E-state index is 9.52. The quantitative estimate of drug-likeness (QED) is 0.784. The van der Waals surface area contributed by atoms with E-state index < -0.39 is 18.1 Å². The van der Waals surface area contributed by atoms with E-state index in [2.05, 4.69) is 15.0 Å². The third-order valence-electron chi connectivity index (χ3n) is 3.97. The van der Waals surface area contributed by atoms with Gasteiger partial charge in [0, 0.05) is 0 Å². The fraction of sp³-hybridized carbons (Fsp3) is 0.615. The van der Waals surface area contributed by atoms with Crippen LogP contribution in [0, 0.1) is 0 Å². The highest BCUT2D eigenvalue weighted by Crippen LogP contribution is 2.43. The van der Waals surface area contributed by atoms with Crippen LogP contribution in [0.3, 0.4) is 0 Å². The zero-order chi connectivity index (χ0) is 15.5. The molecule has 4 atom stereocenters. The molecule has 0 amide bonds. The molecule has 3 N–H and O–H groups in total. The molecule has 2 saturated heterocycles. The number of imidazole rings is 1. The molecule has 0 bridgehead atoms. The summed E-state index contributed by atoms with van der Waals surface area (Å²) in [4.78, 5) is 12.4. The lowest BCUT2D eigenvalue weighted by Gasteiger charge is -2.24. The van der Waals surface area contributed by atoms with E-state index in [0.29, 0.717) is 17.0 Å². The molecule has 4 rings (SSSR count). The van der Waals surface area contributed by atoms with Crippen LogP contribution in [0.1, 0.15) is 20.1 Å². The van der Waals surface area contributed by atoms with Gasteiger partial charge < -0.3 is 25.1 Å². The van der Waals surface area contributed by atoms with Gasteiger partial charge in [0.25, 0.3) is 0 Å². The Balaban J connectivity index is 1.77. The predicted octanol–water partition coefficient (Wildman–Crippen LogP) is -0.182. The summed E-state index contributed by atoms with van der Waals surface area (Å²) in [5.74, 6) is -0.421. The van der Waals surface area contributed by atoms with Crippen LogP contribution in [0.15, 0.2) is 12.7 Å². The van der Waals surface area contributed by atoms with Gasteiger partial charge >= 0.3 is 0 Å². The van der Waals surface area contributed by atoms with Crippen molar-refractivity contribution in [2.24, 2.45) is 0 Å². The van der Waals surface area contributed by atoms with Crippen LogP contribution < -0.4 is 5.73 Å². The topological polar surface area (TPSA) is 118 Å². The Morgan fingerprint density at radius 2 is 2.05 bits per heavy atom. The predicted molar refractivity (Wildman–Crippen MR) is 74.6 cm³/mol. The molecule has 2 unspecified atom stereocenters. The Morgan fingerprint density at radius 3 is 2.82 bits per heavy atom. The summed E-state index contributed by atoms with van der Waals surface area (Å²) in [6.07, 6.45) is 1.30. The van der Waals surface area contributed by atoms with Gasteiger partial charge in [0.05, 0.1) is 12.9 Å². The molecule has 0 aliphatic carbocycles. The minimum absolute atomic E-state index is 0.152. The SMILES string of the molecule is CC1(C)OC2C(O1)[C@@H](n1cnc3c(N)ncnc31)O[C@H]2CO. The first-order chi connectivity index (χ1) is 10.5. The first kappa shape index (κ1) is 13.8. The van der Waals surface area contributed by atoms with Gasteiger partial charge in [0.2, 0.25) is 0 Å². The fourth-order valence-corrected chi connectivity index (χ4v) is 3.09. The highest BCUT2D eigenvalue weighted by molar-refractivity contribution is 5.81. The minimum Gasteiger partial charge on any atom is -0.394 e. The standard InChI is InChI=1S/C13H17N5O4/c1-13(2)21-8-6(3-19)20-12(9(8)22-13)18-5-17-7-10(14)15-4-16-11(7)18/h4-6,8-9,12,19H,3H2,1-2H3,(H2,14,15,16)/t6-,8?,9?,12-/m0/s1. The molecule has 118 valence electrons. The molecule has 2 aliphatic rings. The second kappa shape index (κ2) is 4.59. The van der Waals surface area contributed by atoms with Crippen LogP contribution in [0.4, 0.5) is 5.82 Å². The van der Waals surface area contributed by atoms with Gasteiger partial charge in [-0.15, -0.1) is 0 Å². The number of aromatic nitrogens is 4. The number of hydrogen-bond donors (Lipinski definition) is 2. The molecule has 22 heavy (non-hydrogen) atoms. The van der Waals surface area contributed by atoms with Crippen LogP contribution in [0.5, 0.6) is 0 Å². The molecule has 0 radical (unpaired) electrons. The summed E-state index contributed by atoms with van der Waals surface area (Å²) >= 11 is 0. The minimum atomic E-state index is -0.727. The Hall–Kier alpha value is -1.81. The first-order valence-corrected chi connectivity index (χ1v) is 7.05. The summed E-state index contributed by atoms with van der Waals surface area (Å²) in [7, 11) is 0. The molecule has 0 spiro atoms. The number of nitrogen functional groups attached to an aromatic ring is 1. The van der Waals surface area contributed by atoms with Crippen LogP contribution >= 0.6 is 0 Å². The smallest absolute Gasteiger partial charge is 0.167 e. The van der Waals surface area contributed by atoms with E-state index in [-0.39, 0.29) is 18.8 Å². The van der Waals surface area contributed by atoms with Crippen molar-refractivity contribution >= 4 is 17.0 Å². The van der Waals surface area contributed by atoms with Crippen LogP contribution in [0.25, 0.3) is 11.2 Å². The number of rotatable bonds is 2. The third-order valence-corrected chi connectivity index (χ3v) is 3.97. The van der Waals surface area contributed by atoms with Crippen molar-refractivity contribution < 1.29 is 19.3 Å². The third kappa shape index (κ3) is 1.90. The van der Waals surface area contributed by atoms with Crippen molar-refractivity contribution in [2.75, 3.05) is 12.3 Å². The van der Waals surface area contributed by atoms with Gasteiger partial charge in [-0.2, -0.15) is 0 Å². The Kier molecular flexibility index (Phi) is 2.89. The van der Waals surface area contributed by atoms with Crippen LogP contribution in [-0.4, -0.2) is 55.3 Å². The molecular weight excluding hydrogens is 290 g/mol. The Labute approximate surface area is 126 Å². The lowest BCUT2D eigenvalue weighted by Crippen LogP contribution is -2.31. The maximum Gasteiger partial charge on any atom is 0.167 e. The van der Waals surface area contributed by atoms with Crippen molar-refractivity contribution in [1.29, 1.82) is 0 Å². The number of nitrogens with zero attached hydrogens (tertiary/aromatic N) is 4. The van der Waals surface area contributed by atoms with E-state index in [1.165, 1.54) is 6.33 Å². The van der Waals surface area contributed by atoms with Gasteiger partial charge in [-0.25, -0.2) is 15.0 Å². The van der Waals surface area contributed by atoms with Crippen molar-refractivity contribution in [2.45, 2.75) is 44.2 Å². The van der Waals surface area contributed by atoms with Gasteiger partial charge in [-0.3, -0.25) is 4.57 Å². The lowest BCUT2D eigenvalue weighted by atomic mass is 10.1. The van der Waals surface area contributed by atoms with Gasteiger partial charge in [0.15, 0.2) is 23.5 Å². The zero-order valence-corrected chi connectivity index (χ0v) is 12.2. The van der Waals surface area contributed by atoms with E-state index >= 15 is 0 Å². The number of aliphatic hydroxyl groups is 1. The Morgan fingerprint density at radius 1 is 1.27 bits per heavy atom. The molecule has 2 fully saturated rings. The van der Waals surface area contributed by atoms with E-state index in [0.717, 1.165) is 0 Å². The first-order valence-electron chi connectivity index (χ1n) is 7.05. The molecule has 0 saturated carbocycles. The second-order valence-corrected chi connectivity index (χ2v) is 5.90. The van der Waals surface area contributed by atoms with Crippen molar-refractivity contribution in [1.82, 2.24) is 19.5 Å². The average Bonchev–Trinajstić information content (AvgIpc) is 3.10. The summed E-state index contributed by atoms with van der Waals surface area (Å²) in [6.45, 7) is 3.52. The van der Waals surface area contributed by atoms with E-state index in [4.69, 9.17) is 19.9 Å². The maximum atomic E-state index is 9.52. The molecule has 4 heterocycles. The van der Waals surface area contributed by atoms with E-state index in [1.807, 2.05) is 13.8 Å². The fourth-order valence-electron chi connectivity index (χ4n) is 3.09. The molecule has 2 aromatic rings. The number of hydrogen-bond acceptors (Lipinski definition) is 8. The monoisotopic (exact) mass is 307 g/mol. The number of aliphatic hydroxyl groups excluding tert-OH is 1. The zero-order valence-electron chi connectivity index (χ0n) is 12.2. The number of fused-ring (bicyclic) bond motifs is 2. The van der Waals surface area contributed by atoms with Gasteiger partial charge in [-0.05, 0) is 13.8 Å². The normalized spacial score (nSPS) is 33.4. The Bertz CT molecular complexity index is 718. The van der Waals surface area contributed by atoms with Crippen molar-refractivity contribution in [3.8, 4) is 0 Å². The summed E-state index contributed by atoms with van der Waals surface area (Å²) in [5, 5.41) is 9.52. The summed E-state index contributed by atoms with van der Waals surface area (Å²) < 4.78 is 19.4. The molecule has 9 heteroatoms. The molecule has 2 aromatic heterocycles. The van der Waals surface area contributed by atoms with Crippen LogP contribution in [-0.2, 0) is 14.2 Å². The van der Waals surface area contributed by atoms with Gasteiger partial charge in [0.1, 0.15) is 30.2 Å². The van der Waals surface area contributed by atoms with Gasteiger partial charge in [-0.1, -0.05) is 0 Å². The molecular formula is C13H17N5O4. The largest absolute Gasteiger partial charge is 0.394 e. The highest BCUT2D eigenvalue weighted by atomic mass is 16.8. The molecule has 9 nitrogen and oxygen atoms in total. The number of anilines is 1. The lowest BCUT2D eigenvalue weighted by molar-refractivity contribution is -0.199. The van der Waals surface area contributed by atoms with Crippen LogP contribution in [0.2, 0.25) is 0 Å². The van der Waals surface area contributed by atoms with Crippen molar-refractivity contribution in [3.63, 3.8) is 0 Å². The van der Waals surface area contributed by atoms with E-state index in [9.17, 15) is 5.11 Å². The molecule has 2 aliphatic heterocycles. The number of nitrogens with two attached hydrogens (primary N) is 1. The summed E-state index contributed by atoms with van der Waals surface area (Å²) in [5.41, 5.74) is 6.87.